The lowest BCUT2D eigenvalue weighted by molar-refractivity contribution is -0.900. The van der Waals surface area contributed by atoms with Gasteiger partial charge in [-0.15, -0.1) is 0 Å². The number of hydrogen-bond donors (Lipinski definition) is 1. The van der Waals surface area contributed by atoms with Gasteiger partial charge in [0.05, 0.1) is 19.6 Å². The molecule has 0 unspecified atom stereocenters. The minimum atomic E-state index is 1.31. The fourth-order valence-corrected chi connectivity index (χ4v) is 1.62. The van der Waals surface area contributed by atoms with Crippen LogP contribution < -0.4 is 4.90 Å². The molecule has 0 saturated carbocycles. The molecule has 1 fully saturated rings. The predicted octanol–water partition coefficient (Wildman–Crippen LogP) is -0.395. The second-order valence-electron chi connectivity index (χ2n) is 2.82. The Bertz CT molecular complexity index is 116. The van der Waals surface area contributed by atoms with Crippen molar-refractivity contribution in [2.45, 2.75) is 12.8 Å². The van der Waals surface area contributed by atoms with E-state index in [1.165, 1.54) is 32.5 Å². The second kappa shape index (κ2) is 1.59. The minimum absolute atomic E-state index is 1.31. The molecule has 0 aromatic carbocycles. The molecule has 1 N–H and O–H groups in total. The van der Waals surface area contributed by atoms with Gasteiger partial charge in [0.15, 0.2) is 0 Å². The molecule has 3 aliphatic rings. The Morgan fingerprint density at radius 1 is 1.25 bits per heavy atom. The number of rotatable bonds is 0. The summed E-state index contributed by atoms with van der Waals surface area (Å²) in [5, 5.41) is 0. The summed E-state index contributed by atoms with van der Waals surface area (Å²) >= 11 is 0. The highest BCUT2D eigenvalue weighted by atomic mass is 15.1. The fourth-order valence-electron chi connectivity index (χ4n) is 1.62. The first-order valence-electron chi connectivity index (χ1n) is 3.46. The maximum atomic E-state index is 2.42. The van der Waals surface area contributed by atoms with E-state index >= 15 is 0 Å². The van der Waals surface area contributed by atoms with Crippen LogP contribution in [-0.4, -0.2) is 19.6 Å². The lowest BCUT2D eigenvalue weighted by Crippen LogP contribution is -3.13. The molecule has 1 nitrogen and oxygen atoms in total. The fraction of sp³-hybridized carbons (Fsp3) is 0.714. The van der Waals surface area contributed by atoms with Crippen molar-refractivity contribution < 1.29 is 4.90 Å². The zero-order chi connectivity index (χ0) is 5.40. The third-order valence-corrected chi connectivity index (χ3v) is 2.28. The molecule has 3 rings (SSSR count). The summed E-state index contributed by atoms with van der Waals surface area (Å²) in [4.78, 5) is 1.79. The van der Waals surface area contributed by atoms with Crippen molar-refractivity contribution in [1.29, 1.82) is 0 Å². The van der Waals surface area contributed by atoms with Crippen LogP contribution in [0.2, 0.25) is 0 Å². The lowest BCUT2D eigenvalue weighted by atomic mass is 9.99. The van der Waals surface area contributed by atoms with Crippen LogP contribution in [0, 0.1) is 0 Å². The molecule has 3 aliphatic heterocycles. The van der Waals surface area contributed by atoms with Crippen LogP contribution in [-0.2, 0) is 0 Å². The van der Waals surface area contributed by atoms with Crippen molar-refractivity contribution in [1.82, 2.24) is 0 Å². The third kappa shape index (κ3) is 0.583. The Morgan fingerprint density at radius 3 is 2.12 bits per heavy atom. The van der Waals surface area contributed by atoms with E-state index in [4.69, 9.17) is 0 Å². The van der Waals surface area contributed by atoms with Crippen LogP contribution in [0.1, 0.15) is 12.8 Å². The Labute approximate surface area is 50.0 Å². The quantitative estimate of drug-likeness (QED) is 0.405. The van der Waals surface area contributed by atoms with Crippen molar-refractivity contribution >= 4 is 0 Å². The number of piperidine rings is 1. The molecule has 8 heavy (non-hydrogen) atoms. The van der Waals surface area contributed by atoms with Crippen molar-refractivity contribution in [2.24, 2.45) is 0 Å². The summed E-state index contributed by atoms with van der Waals surface area (Å²) in [7, 11) is 0. The highest BCUT2D eigenvalue weighted by molar-refractivity contribution is 5.06. The predicted molar refractivity (Wildman–Crippen MR) is 32.9 cm³/mol. The largest absolute Gasteiger partial charge is 0.331 e. The van der Waals surface area contributed by atoms with E-state index in [1.807, 2.05) is 0 Å². The van der Waals surface area contributed by atoms with Crippen LogP contribution in [0.25, 0.3) is 0 Å². The van der Waals surface area contributed by atoms with Gasteiger partial charge in [0.2, 0.25) is 0 Å². The smallest absolute Gasteiger partial charge is 0.0960 e. The molecule has 0 aromatic rings. The highest BCUT2D eigenvalue weighted by Crippen LogP contribution is 2.09. The maximum absolute atomic E-state index is 2.42. The van der Waals surface area contributed by atoms with Gasteiger partial charge in [0, 0.05) is 12.8 Å². The van der Waals surface area contributed by atoms with Crippen molar-refractivity contribution in [3.63, 3.8) is 0 Å². The average Bonchev–Trinajstić information content (AvgIpc) is 1.92. The zero-order valence-electron chi connectivity index (χ0n) is 5.11. The first-order chi connectivity index (χ1) is 3.95. The van der Waals surface area contributed by atoms with Crippen LogP contribution in [0.4, 0.5) is 0 Å². The Morgan fingerprint density at radius 2 is 2.00 bits per heavy atom. The first-order valence-corrected chi connectivity index (χ1v) is 3.46. The Kier molecular flexibility index (Phi) is 0.908. The molecule has 2 bridgehead atoms. The first kappa shape index (κ1) is 4.57. The van der Waals surface area contributed by atoms with Gasteiger partial charge in [-0.1, -0.05) is 5.57 Å². The van der Waals surface area contributed by atoms with Crippen molar-refractivity contribution in [3.05, 3.63) is 11.6 Å². The SMILES string of the molecule is C1=C2CC[NH+](C1)CC2. The monoisotopic (exact) mass is 110 g/mol. The zero-order valence-corrected chi connectivity index (χ0v) is 5.11. The molecule has 3 heterocycles. The minimum Gasteiger partial charge on any atom is -0.331 e. The summed E-state index contributed by atoms with van der Waals surface area (Å²) in [6, 6.07) is 0. The molecule has 0 aromatic heterocycles. The van der Waals surface area contributed by atoms with Crippen LogP contribution in [0.15, 0.2) is 11.6 Å². The molecule has 0 amide bonds. The van der Waals surface area contributed by atoms with Gasteiger partial charge in [0.1, 0.15) is 0 Å². The van der Waals surface area contributed by atoms with Crippen molar-refractivity contribution in [3.8, 4) is 0 Å². The maximum Gasteiger partial charge on any atom is 0.0960 e. The molecule has 0 spiro atoms. The number of hydrogen-bond acceptors (Lipinski definition) is 0. The van der Waals surface area contributed by atoms with Crippen LogP contribution in [0.3, 0.4) is 0 Å². The standard InChI is InChI=1S/C7H11N/c1-4-8-5-2-7(1)3-6-8/h1H,2-6H2/p+1. The van der Waals surface area contributed by atoms with Crippen molar-refractivity contribution in [2.75, 3.05) is 19.6 Å². The molecule has 0 atom stereocenters. The second-order valence-corrected chi connectivity index (χ2v) is 2.82. The number of fused-ring (bicyclic) bond motifs is 3. The van der Waals surface area contributed by atoms with Gasteiger partial charge < -0.3 is 4.90 Å². The molecule has 1 saturated heterocycles. The Hall–Kier alpha value is -0.300. The lowest BCUT2D eigenvalue weighted by Gasteiger charge is -2.29. The summed E-state index contributed by atoms with van der Waals surface area (Å²) < 4.78 is 0. The topological polar surface area (TPSA) is 4.44 Å². The van der Waals surface area contributed by atoms with E-state index < -0.39 is 0 Å². The van der Waals surface area contributed by atoms with Gasteiger partial charge >= 0.3 is 0 Å². The van der Waals surface area contributed by atoms with E-state index in [2.05, 4.69) is 6.08 Å². The average molecular weight is 110 g/mol. The van der Waals surface area contributed by atoms with Gasteiger partial charge in [0.25, 0.3) is 0 Å². The molecule has 44 valence electrons. The molecular formula is C7H12N+. The van der Waals surface area contributed by atoms with Gasteiger partial charge in [-0.2, -0.15) is 0 Å². The van der Waals surface area contributed by atoms with Gasteiger partial charge in [-0.25, -0.2) is 0 Å². The number of quaternary nitrogens is 1. The summed E-state index contributed by atoms with van der Waals surface area (Å²) in [5.41, 5.74) is 1.72. The van der Waals surface area contributed by atoms with E-state index in [1.54, 1.807) is 10.5 Å². The molecular weight excluding hydrogens is 98.1 g/mol. The summed E-state index contributed by atoms with van der Waals surface area (Å²) in [6.07, 6.45) is 5.19. The molecule has 0 aliphatic carbocycles. The normalized spacial score (nSPS) is 28.2. The Balaban J connectivity index is 2.22. The van der Waals surface area contributed by atoms with Gasteiger partial charge in [-0.05, 0) is 6.08 Å². The highest BCUT2D eigenvalue weighted by Gasteiger charge is 2.20. The van der Waals surface area contributed by atoms with Crippen LogP contribution >= 0.6 is 0 Å². The van der Waals surface area contributed by atoms with Gasteiger partial charge in [-0.3, -0.25) is 0 Å². The third-order valence-electron chi connectivity index (χ3n) is 2.28. The van der Waals surface area contributed by atoms with Crippen LogP contribution in [0.5, 0.6) is 0 Å². The van der Waals surface area contributed by atoms with E-state index in [9.17, 15) is 0 Å². The molecule has 0 radical (unpaired) electrons. The number of nitrogens with one attached hydrogen (secondary N) is 1. The van der Waals surface area contributed by atoms with E-state index in [-0.39, 0.29) is 0 Å². The molecule has 1 heteroatoms. The van der Waals surface area contributed by atoms with E-state index in [0.29, 0.717) is 0 Å². The van der Waals surface area contributed by atoms with E-state index in [0.717, 1.165) is 0 Å². The summed E-state index contributed by atoms with van der Waals surface area (Å²) in [5.74, 6) is 0. The summed E-state index contributed by atoms with van der Waals surface area (Å²) in [6.45, 7) is 4.13.